The standard InChI is InChI=1S/C10H13N3O/c11-4-1-5-13-7-8-6-9(14)2-3-10(8)12-13/h2-3,6-7,14H,1,4-5,11H2. The van der Waals surface area contributed by atoms with Crippen molar-refractivity contribution < 1.29 is 5.11 Å². The summed E-state index contributed by atoms with van der Waals surface area (Å²) in [5, 5.41) is 14.6. The van der Waals surface area contributed by atoms with Crippen LogP contribution in [0.2, 0.25) is 0 Å². The summed E-state index contributed by atoms with van der Waals surface area (Å²) in [6.07, 6.45) is 2.84. The summed E-state index contributed by atoms with van der Waals surface area (Å²) >= 11 is 0. The van der Waals surface area contributed by atoms with E-state index in [0.29, 0.717) is 6.54 Å². The van der Waals surface area contributed by atoms with Gasteiger partial charge in [0.25, 0.3) is 0 Å². The number of phenolic OH excluding ortho intramolecular Hbond substituents is 1. The zero-order valence-corrected chi connectivity index (χ0v) is 7.85. The number of benzene rings is 1. The van der Waals surface area contributed by atoms with Crippen LogP contribution in [0.5, 0.6) is 5.75 Å². The number of rotatable bonds is 3. The molecule has 0 bridgehead atoms. The molecule has 0 amide bonds. The number of nitrogens with two attached hydrogens (primary N) is 1. The van der Waals surface area contributed by atoms with Crippen molar-refractivity contribution in [3.8, 4) is 5.75 Å². The molecular formula is C10H13N3O. The normalized spacial score (nSPS) is 10.9. The van der Waals surface area contributed by atoms with Gasteiger partial charge < -0.3 is 10.8 Å². The average Bonchev–Trinajstić information content (AvgIpc) is 2.56. The SMILES string of the molecule is NCCCn1cc2cc(O)ccc2n1. The van der Waals surface area contributed by atoms with Gasteiger partial charge in [-0.05, 0) is 31.2 Å². The highest BCUT2D eigenvalue weighted by Gasteiger charge is 2.00. The van der Waals surface area contributed by atoms with Crippen LogP contribution in [-0.4, -0.2) is 21.4 Å². The fourth-order valence-corrected chi connectivity index (χ4v) is 1.43. The van der Waals surface area contributed by atoms with E-state index in [4.69, 9.17) is 5.73 Å². The van der Waals surface area contributed by atoms with Gasteiger partial charge in [-0.15, -0.1) is 0 Å². The van der Waals surface area contributed by atoms with Gasteiger partial charge in [0, 0.05) is 18.1 Å². The largest absolute Gasteiger partial charge is 0.508 e. The Kier molecular flexibility index (Phi) is 2.37. The maximum absolute atomic E-state index is 9.26. The van der Waals surface area contributed by atoms with Crippen LogP contribution in [0.1, 0.15) is 6.42 Å². The monoisotopic (exact) mass is 191 g/mol. The first-order valence-electron chi connectivity index (χ1n) is 4.66. The van der Waals surface area contributed by atoms with E-state index in [-0.39, 0.29) is 5.75 Å². The molecule has 2 aromatic rings. The van der Waals surface area contributed by atoms with Crippen LogP contribution in [0, 0.1) is 0 Å². The highest BCUT2D eigenvalue weighted by atomic mass is 16.3. The van der Waals surface area contributed by atoms with Gasteiger partial charge in [-0.2, -0.15) is 5.10 Å². The van der Waals surface area contributed by atoms with Gasteiger partial charge in [-0.25, -0.2) is 0 Å². The van der Waals surface area contributed by atoms with Crippen LogP contribution < -0.4 is 5.73 Å². The number of aromatic nitrogens is 2. The summed E-state index contributed by atoms with van der Waals surface area (Å²) in [5.41, 5.74) is 6.32. The van der Waals surface area contributed by atoms with Crippen LogP contribution in [-0.2, 0) is 6.54 Å². The average molecular weight is 191 g/mol. The van der Waals surface area contributed by atoms with Crippen LogP contribution in [0.15, 0.2) is 24.4 Å². The molecule has 0 unspecified atom stereocenters. The van der Waals surface area contributed by atoms with Gasteiger partial charge in [-0.3, -0.25) is 4.68 Å². The molecule has 4 heteroatoms. The predicted molar refractivity (Wildman–Crippen MR) is 55.1 cm³/mol. The van der Waals surface area contributed by atoms with E-state index in [1.807, 2.05) is 16.9 Å². The van der Waals surface area contributed by atoms with Crippen molar-refractivity contribution >= 4 is 10.9 Å². The first-order valence-corrected chi connectivity index (χ1v) is 4.66. The third-order valence-electron chi connectivity index (χ3n) is 2.13. The Hall–Kier alpha value is -1.55. The summed E-state index contributed by atoms with van der Waals surface area (Å²) < 4.78 is 1.86. The summed E-state index contributed by atoms with van der Waals surface area (Å²) in [7, 11) is 0. The molecule has 2 rings (SSSR count). The Morgan fingerprint density at radius 1 is 1.43 bits per heavy atom. The number of aromatic hydroxyl groups is 1. The molecule has 74 valence electrons. The Morgan fingerprint density at radius 2 is 2.29 bits per heavy atom. The first kappa shape index (κ1) is 9.02. The summed E-state index contributed by atoms with van der Waals surface area (Å²) in [6, 6.07) is 5.16. The molecule has 3 N–H and O–H groups in total. The number of hydrogen-bond donors (Lipinski definition) is 2. The van der Waals surface area contributed by atoms with E-state index in [1.165, 1.54) is 0 Å². The van der Waals surface area contributed by atoms with Crippen molar-refractivity contribution in [2.24, 2.45) is 5.73 Å². The van der Waals surface area contributed by atoms with Crippen molar-refractivity contribution in [1.29, 1.82) is 0 Å². The zero-order chi connectivity index (χ0) is 9.97. The van der Waals surface area contributed by atoms with E-state index >= 15 is 0 Å². The highest BCUT2D eigenvalue weighted by molar-refractivity contribution is 5.79. The first-order chi connectivity index (χ1) is 6.79. The number of aryl methyl sites for hydroxylation is 1. The molecule has 0 aliphatic rings. The van der Waals surface area contributed by atoms with Crippen LogP contribution in [0.3, 0.4) is 0 Å². The molecule has 0 spiro atoms. The van der Waals surface area contributed by atoms with Crippen LogP contribution >= 0.6 is 0 Å². The number of hydrogen-bond acceptors (Lipinski definition) is 3. The minimum Gasteiger partial charge on any atom is -0.508 e. The van der Waals surface area contributed by atoms with Crippen LogP contribution in [0.25, 0.3) is 10.9 Å². The molecule has 0 saturated carbocycles. The Morgan fingerprint density at radius 3 is 3.07 bits per heavy atom. The molecule has 4 nitrogen and oxygen atoms in total. The lowest BCUT2D eigenvalue weighted by Crippen LogP contribution is -2.05. The Balaban J connectivity index is 2.32. The molecule has 1 heterocycles. The fourth-order valence-electron chi connectivity index (χ4n) is 1.43. The molecule has 0 saturated heterocycles. The Labute approximate surface area is 81.9 Å². The lowest BCUT2D eigenvalue weighted by atomic mass is 10.2. The second-order valence-electron chi connectivity index (χ2n) is 3.28. The predicted octanol–water partition coefficient (Wildman–Crippen LogP) is 1.09. The van der Waals surface area contributed by atoms with Gasteiger partial charge in [0.15, 0.2) is 0 Å². The van der Waals surface area contributed by atoms with Crippen LogP contribution in [0.4, 0.5) is 0 Å². The van der Waals surface area contributed by atoms with Gasteiger partial charge in [0.1, 0.15) is 5.75 Å². The third-order valence-corrected chi connectivity index (χ3v) is 2.13. The second-order valence-corrected chi connectivity index (χ2v) is 3.28. The molecule has 14 heavy (non-hydrogen) atoms. The summed E-state index contributed by atoms with van der Waals surface area (Å²) in [4.78, 5) is 0. The fraction of sp³-hybridized carbons (Fsp3) is 0.300. The third kappa shape index (κ3) is 1.70. The van der Waals surface area contributed by atoms with Crippen molar-refractivity contribution in [3.63, 3.8) is 0 Å². The van der Waals surface area contributed by atoms with Crippen molar-refractivity contribution in [2.45, 2.75) is 13.0 Å². The molecule has 0 radical (unpaired) electrons. The quantitative estimate of drug-likeness (QED) is 0.763. The van der Waals surface area contributed by atoms with Gasteiger partial charge in [0.05, 0.1) is 5.52 Å². The molecule has 0 aliphatic heterocycles. The van der Waals surface area contributed by atoms with E-state index in [0.717, 1.165) is 23.9 Å². The minimum absolute atomic E-state index is 0.274. The van der Waals surface area contributed by atoms with E-state index < -0.39 is 0 Å². The van der Waals surface area contributed by atoms with Gasteiger partial charge >= 0.3 is 0 Å². The van der Waals surface area contributed by atoms with Gasteiger partial charge in [-0.1, -0.05) is 0 Å². The van der Waals surface area contributed by atoms with Crippen molar-refractivity contribution in [1.82, 2.24) is 9.78 Å². The number of nitrogens with zero attached hydrogens (tertiary/aromatic N) is 2. The Bertz CT molecular complexity index is 436. The smallest absolute Gasteiger partial charge is 0.116 e. The highest BCUT2D eigenvalue weighted by Crippen LogP contribution is 2.18. The maximum atomic E-state index is 9.26. The lowest BCUT2D eigenvalue weighted by molar-refractivity contribution is 0.476. The number of fused-ring (bicyclic) bond motifs is 1. The molecular weight excluding hydrogens is 178 g/mol. The van der Waals surface area contributed by atoms with Crippen molar-refractivity contribution in [3.05, 3.63) is 24.4 Å². The van der Waals surface area contributed by atoms with Gasteiger partial charge in [0.2, 0.25) is 0 Å². The topological polar surface area (TPSA) is 64.1 Å². The van der Waals surface area contributed by atoms with E-state index in [1.54, 1.807) is 12.1 Å². The molecule has 0 fully saturated rings. The van der Waals surface area contributed by atoms with E-state index in [9.17, 15) is 5.11 Å². The molecule has 1 aromatic heterocycles. The second kappa shape index (κ2) is 3.67. The molecule has 0 aliphatic carbocycles. The minimum atomic E-state index is 0.274. The summed E-state index contributed by atoms with van der Waals surface area (Å²) in [6.45, 7) is 1.49. The maximum Gasteiger partial charge on any atom is 0.116 e. The molecule has 1 aromatic carbocycles. The number of phenols is 1. The van der Waals surface area contributed by atoms with E-state index in [2.05, 4.69) is 5.10 Å². The lowest BCUT2D eigenvalue weighted by Gasteiger charge is -1.96. The molecule has 0 atom stereocenters. The summed E-state index contributed by atoms with van der Waals surface area (Å²) in [5.74, 6) is 0.274. The van der Waals surface area contributed by atoms with Crippen molar-refractivity contribution in [2.75, 3.05) is 6.54 Å². The zero-order valence-electron chi connectivity index (χ0n) is 7.85.